The summed E-state index contributed by atoms with van der Waals surface area (Å²) in [5, 5.41) is 0.274. The van der Waals surface area contributed by atoms with Crippen LogP contribution in [0.15, 0.2) is 36.4 Å². The maximum absolute atomic E-state index is 12.9. The predicted molar refractivity (Wildman–Crippen MR) is 48.9 cm³/mol. The Morgan fingerprint density at radius 3 is 2.27 bits per heavy atom. The van der Waals surface area contributed by atoms with Gasteiger partial charge < -0.3 is 0 Å². The lowest BCUT2D eigenvalue weighted by Crippen LogP contribution is -2.06. The van der Waals surface area contributed by atoms with Crippen molar-refractivity contribution < 1.29 is 17.6 Å². The number of halogens is 4. The van der Waals surface area contributed by atoms with Gasteiger partial charge in [-0.15, -0.1) is 0 Å². The molecule has 2 rings (SSSR count). The molecule has 78 valence electrons. The van der Waals surface area contributed by atoms with E-state index < -0.39 is 17.6 Å². The molecule has 0 fully saturated rings. The van der Waals surface area contributed by atoms with Crippen molar-refractivity contribution in [3.63, 3.8) is 0 Å². The van der Waals surface area contributed by atoms with Gasteiger partial charge in [-0.05, 0) is 22.9 Å². The van der Waals surface area contributed by atoms with Crippen LogP contribution < -0.4 is 0 Å². The third kappa shape index (κ3) is 1.79. The number of hydrogen-bond donors (Lipinski definition) is 0. The fraction of sp³-hybridized carbons (Fsp3) is 0.0909. The Balaban J connectivity index is 2.83. The second kappa shape index (κ2) is 3.22. The highest BCUT2D eigenvalue weighted by Gasteiger charge is 2.32. The second-order valence-corrected chi connectivity index (χ2v) is 3.17. The SMILES string of the molecule is Fc1cc(C(F)(F)F)c2ccccc2c1. The lowest BCUT2D eigenvalue weighted by molar-refractivity contribution is -0.136. The number of fused-ring (bicyclic) bond motifs is 1. The summed E-state index contributed by atoms with van der Waals surface area (Å²) in [5.74, 6) is -0.874. The molecule has 0 spiro atoms. The molecule has 0 atom stereocenters. The van der Waals surface area contributed by atoms with Crippen molar-refractivity contribution in [2.75, 3.05) is 0 Å². The van der Waals surface area contributed by atoms with Crippen molar-refractivity contribution in [1.29, 1.82) is 0 Å². The van der Waals surface area contributed by atoms with Gasteiger partial charge in [0, 0.05) is 0 Å². The molecule has 0 saturated heterocycles. The van der Waals surface area contributed by atoms with Crippen molar-refractivity contribution in [3.8, 4) is 0 Å². The molecule has 2 aromatic rings. The Morgan fingerprint density at radius 2 is 1.60 bits per heavy atom. The van der Waals surface area contributed by atoms with E-state index in [1.165, 1.54) is 18.2 Å². The van der Waals surface area contributed by atoms with E-state index in [1.54, 1.807) is 6.07 Å². The Kier molecular flexibility index (Phi) is 2.14. The van der Waals surface area contributed by atoms with E-state index in [9.17, 15) is 17.6 Å². The number of alkyl halides is 3. The summed E-state index contributed by atoms with van der Waals surface area (Å²) in [6, 6.07) is 7.45. The van der Waals surface area contributed by atoms with E-state index in [0.29, 0.717) is 6.07 Å². The molecule has 0 aliphatic rings. The van der Waals surface area contributed by atoms with Gasteiger partial charge in [-0.2, -0.15) is 13.2 Å². The van der Waals surface area contributed by atoms with Gasteiger partial charge in [-0.3, -0.25) is 0 Å². The van der Waals surface area contributed by atoms with Crippen LogP contribution in [0.1, 0.15) is 5.56 Å². The smallest absolute Gasteiger partial charge is 0.207 e. The predicted octanol–water partition coefficient (Wildman–Crippen LogP) is 4.00. The van der Waals surface area contributed by atoms with Crippen LogP contribution in [0.3, 0.4) is 0 Å². The van der Waals surface area contributed by atoms with Crippen molar-refractivity contribution in [2.24, 2.45) is 0 Å². The molecule has 0 aliphatic heterocycles. The first-order valence-electron chi connectivity index (χ1n) is 4.24. The average Bonchev–Trinajstić information content (AvgIpc) is 2.15. The fourth-order valence-electron chi connectivity index (χ4n) is 1.51. The zero-order valence-electron chi connectivity index (χ0n) is 7.48. The van der Waals surface area contributed by atoms with E-state index in [-0.39, 0.29) is 10.8 Å². The molecule has 0 amide bonds. The first kappa shape index (κ1) is 9.96. The van der Waals surface area contributed by atoms with Gasteiger partial charge >= 0.3 is 6.18 Å². The second-order valence-electron chi connectivity index (χ2n) is 3.17. The Bertz CT molecular complexity index is 499. The normalized spacial score (nSPS) is 12.0. The largest absolute Gasteiger partial charge is 0.417 e. The van der Waals surface area contributed by atoms with E-state index in [4.69, 9.17) is 0 Å². The van der Waals surface area contributed by atoms with Crippen LogP contribution in [0.5, 0.6) is 0 Å². The van der Waals surface area contributed by atoms with Crippen molar-refractivity contribution in [1.82, 2.24) is 0 Å². The summed E-state index contributed by atoms with van der Waals surface area (Å²) >= 11 is 0. The van der Waals surface area contributed by atoms with Gasteiger partial charge in [0.2, 0.25) is 0 Å². The van der Waals surface area contributed by atoms with Crippen LogP contribution in [0.2, 0.25) is 0 Å². The molecule has 2 aromatic carbocycles. The molecule has 0 saturated carbocycles. The van der Waals surface area contributed by atoms with Crippen molar-refractivity contribution >= 4 is 10.8 Å². The summed E-state index contributed by atoms with van der Waals surface area (Å²) in [5.41, 5.74) is -0.932. The van der Waals surface area contributed by atoms with Crippen LogP contribution in [0, 0.1) is 5.82 Å². The highest BCUT2D eigenvalue weighted by Crippen LogP contribution is 2.35. The molecule has 0 aliphatic carbocycles. The summed E-state index contributed by atoms with van der Waals surface area (Å²) in [6.45, 7) is 0. The van der Waals surface area contributed by atoms with E-state index in [1.807, 2.05) is 0 Å². The van der Waals surface area contributed by atoms with Crippen molar-refractivity contribution in [2.45, 2.75) is 6.18 Å². The number of benzene rings is 2. The number of rotatable bonds is 0. The zero-order valence-corrected chi connectivity index (χ0v) is 7.48. The van der Waals surface area contributed by atoms with Crippen molar-refractivity contribution in [3.05, 3.63) is 47.8 Å². The van der Waals surface area contributed by atoms with Gasteiger partial charge in [0.15, 0.2) is 0 Å². The molecular formula is C11H6F4. The Morgan fingerprint density at radius 1 is 0.933 bits per heavy atom. The van der Waals surface area contributed by atoms with E-state index in [0.717, 1.165) is 6.07 Å². The summed E-state index contributed by atoms with van der Waals surface area (Å²) in [7, 11) is 0. The molecule has 0 nitrogen and oxygen atoms in total. The van der Waals surface area contributed by atoms with Gasteiger partial charge in [0.05, 0.1) is 5.56 Å². The van der Waals surface area contributed by atoms with Crippen LogP contribution in [-0.2, 0) is 6.18 Å². The lowest BCUT2D eigenvalue weighted by atomic mass is 10.0. The maximum atomic E-state index is 12.9. The van der Waals surface area contributed by atoms with E-state index in [2.05, 4.69) is 0 Å². The summed E-state index contributed by atoms with van der Waals surface area (Å²) in [6.07, 6.45) is -4.53. The van der Waals surface area contributed by atoms with Crippen LogP contribution in [0.25, 0.3) is 10.8 Å². The minimum absolute atomic E-state index is 0.0198. The van der Waals surface area contributed by atoms with E-state index >= 15 is 0 Å². The summed E-state index contributed by atoms with van der Waals surface area (Å²) < 4.78 is 50.5. The quantitative estimate of drug-likeness (QED) is 0.581. The fourth-order valence-corrected chi connectivity index (χ4v) is 1.51. The standard InChI is InChI=1S/C11H6F4/c12-8-5-7-3-1-2-4-9(7)10(6-8)11(13,14)15/h1-6H. The Hall–Kier alpha value is -1.58. The molecule has 0 unspecified atom stereocenters. The third-order valence-corrected chi connectivity index (χ3v) is 2.13. The van der Waals surface area contributed by atoms with Gasteiger partial charge in [-0.1, -0.05) is 24.3 Å². The average molecular weight is 214 g/mol. The van der Waals surface area contributed by atoms with Crippen LogP contribution in [-0.4, -0.2) is 0 Å². The Labute approximate surface area is 83.1 Å². The topological polar surface area (TPSA) is 0 Å². The molecule has 0 heterocycles. The maximum Gasteiger partial charge on any atom is 0.417 e. The molecular weight excluding hydrogens is 208 g/mol. The van der Waals surface area contributed by atoms with Crippen LogP contribution in [0.4, 0.5) is 17.6 Å². The third-order valence-electron chi connectivity index (χ3n) is 2.13. The first-order valence-corrected chi connectivity index (χ1v) is 4.24. The molecule has 15 heavy (non-hydrogen) atoms. The highest BCUT2D eigenvalue weighted by atomic mass is 19.4. The van der Waals surface area contributed by atoms with Gasteiger partial charge in [-0.25, -0.2) is 4.39 Å². The number of hydrogen-bond acceptors (Lipinski definition) is 0. The first-order chi connectivity index (χ1) is 6.98. The van der Waals surface area contributed by atoms with Gasteiger partial charge in [0.1, 0.15) is 5.82 Å². The molecule has 4 heteroatoms. The minimum Gasteiger partial charge on any atom is -0.207 e. The molecule has 0 radical (unpaired) electrons. The lowest BCUT2D eigenvalue weighted by Gasteiger charge is -2.10. The zero-order chi connectivity index (χ0) is 11.1. The molecule has 0 N–H and O–H groups in total. The summed E-state index contributed by atoms with van der Waals surface area (Å²) in [4.78, 5) is 0. The molecule has 0 bridgehead atoms. The minimum atomic E-state index is -4.53. The molecule has 0 aromatic heterocycles. The van der Waals surface area contributed by atoms with Gasteiger partial charge in [0.25, 0.3) is 0 Å². The van der Waals surface area contributed by atoms with Crippen LogP contribution >= 0.6 is 0 Å². The monoisotopic (exact) mass is 214 g/mol. The highest BCUT2D eigenvalue weighted by molar-refractivity contribution is 5.86.